The van der Waals surface area contributed by atoms with Crippen LogP contribution in [0, 0.1) is 5.92 Å². The van der Waals surface area contributed by atoms with E-state index in [1.54, 1.807) is 14.2 Å². The van der Waals surface area contributed by atoms with Crippen molar-refractivity contribution in [2.24, 2.45) is 5.92 Å². The molecule has 4 rings (SSSR count). The molecule has 0 aliphatic carbocycles. The van der Waals surface area contributed by atoms with Crippen LogP contribution in [0.1, 0.15) is 49.4 Å². The molecule has 0 radical (unpaired) electrons. The van der Waals surface area contributed by atoms with E-state index in [1.807, 2.05) is 77.5 Å². The molecule has 1 atom stereocenters. The average molecular weight is 502 g/mol. The van der Waals surface area contributed by atoms with Crippen molar-refractivity contribution in [1.29, 1.82) is 0 Å². The van der Waals surface area contributed by atoms with E-state index in [4.69, 9.17) is 19.2 Å². The van der Waals surface area contributed by atoms with Gasteiger partial charge in [0.25, 0.3) is 0 Å². The Hall–Kier alpha value is -4.00. The fraction of sp³-hybridized carbons (Fsp3) is 0.333. The summed E-state index contributed by atoms with van der Waals surface area (Å²) in [5, 5.41) is 3.08. The van der Waals surface area contributed by atoms with Gasteiger partial charge in [0.1, 0.15) is 18.1 Å². The number of rotatable bonds is 12. The predicted molar refractivity (Wildman–Crippen MR) is 144 cm³/mol. The minimum Gasteiger partial charge on any atom is -0.497 e. The molecule has 2 heterocycles. The van der Waals surface area contributed by atoms with E-state index in [0.717, 1.165) is 23.2 Å². The van der Waals surface area contributed by atoms with Gasteiger partial charge in [-0.2, -0.15) is 0 Å². The van der Waals surface area contributed by atoms with Crippen LogP contribution in [0.2, 0.25) is 0 Å². The number of hydrogen-bond acceptors (Lipinski definition) is 5. The summed E-state index contributed by atoms with van der Waals surface area (Å²) in [6.45, 7) is 5.38. The van der Waals surface area contributed by atoms with Gasteiger partial charge < -0.3 is 23.9 Å². The average Bonchev–Trinajstić information content (AvgIpc) is 3.35. The van der Waals surface area contributed by atoms with Crippen molar-refractivity contribution in [3.05, 3.63) is 89.9 Å². The second kappa shape index (κ2) is 12.3. The zero-order valence-electron chi connectivity index (χ0n) is 21.9. The smallest absolute Gasteiger partial charge is 0.221 e. The molecule has 0 aliphatic rings. The van der Waals surface area contributed by atoms with Crippen molar-refractivity contribution in [2.45, 2.75) is 39.2 Å². The highest BCUT2D eigenvalue weighted by Crippen LogP contribution is 2.35. The van der Waals surface area contributed by atoms with Crippen LogP contribution < -0.4 is 19.5 Å². The minimum absolute atomic E-state index is 0.0149. The van der Waals surface area contributed by atoms with Gasteiger partial charge in [0.15, 0.2) is 11.4 Å². The lowest BCUT2D eigenvalue weighted by Crippen LogP contribution is -2.27. The van der Waals surface area contributed by atoms with Gasteiger partial charge in [-0.25, -0.2) is 4.98 Å². The van der Waals surface area contributed by atoms with E-state index in [-0.39, 0.29) is 18.2 Å². The SMILES string of the molecule is COc1cc(OC)cc(C(CC(=O)NCCC(C)C)c2cnc3c(OCc4ccccc4)cccn23)c1. The molecule has 1 N–H and O–H groups in total. The molecule has 0 bridgehead atoms. The van der Waals surface area contributed by atoms with Crippen LogP contribution >= 0.6 is 0 Å². The highest BCUT2D eigenvalue weighted by Gasteiger charge is 2.24. The Morgan fingerprint density at radius 1 is 1.00 bits per heavy atom. The van der Waals surface area contributed by atoms with Crippen molar-refractivity contribution >= 4 is 11.6 Å². The molecular weight excluding hydrogens is 466 g/mol. The number of nitrogens with one attached hydrogen (secondary N) is 1. The second-order valence-corrected chi connectivity index (χ2v) is 9.46. The number of benzene rings is 2. The summed E-state index contributed by atoms with van der Waals surface area (Å²) in [5.41, 5.74) is 3.58. The standard InChI is InChI=1S/C30H35N3O4/c1-21(2)12-13-31-29(34)18-26(23-15-24(35-3)17-25(16-23)36-4)27-19-32-30-28(11-8-14-33(27)30)37-20-22-9-6-5-7-10-22/h5-11,14-17,19,21,26H,12-13,18,20H2,1-4H3,(H,31,34). The quantitative estimate of drug-likeness (QED) is 0.273. The minimum atomic E-state index is -0.276. The molecule has 7 heteroatoms. The first-order valence-corrected chi connectivity index (χ1v) is 12.6. The van der Waals surface area contributed by atoms with Crippen LogP contribution in [0.4, 0.5) is 0 Å². The number of amides is 1. The molecular formula is C30H35N3O4. The fourth-order valence-corrected chi connectivity index (χ4v) is 4.29. The first-order chi connectivity index (χ1) is 18.0. The Labute approximate surface area is 218 Å². The summed E-state index contributed by atoms with van der Waals surface area (Å²) < 4.78 is 19.2. The number of carbonyl (C=O) groups excluding carboxylic acids is 1. The highest BCUT2D eigenvalue weighted by molar-refractivity contribution is 5.77. The molecule has 0 saturated heterocycles. The summed E-state index contributed by atoms with van der Waals surface area (Å²) in [7, 11) is 3.24. The molecule has 0 fully saturated rings. The van der Waals surface area contributed by atoms with E-state index in [9.17, 15) is 4.79 Å². The number of ether oxygens (including phenoxy) is 3. The Balaban J connectivity index is 1.68. The van der Waals surface area contributed by atoms with Crippen molar-refractivity contribution in [3.63, 3.8) is 0 Å². The lowest BCUT2D eigenvalue weighted by molar-refractivity contribution is -0.121. The number of imidazole rings is 1. The lowest BCUT2D eigenvalue weighted by Gasteiger charge is -2.19. The van der Waals surface area contributed by atoms with Gasteiger partial charge in [0.2, 0.25) is 5.91 Å². The molecule has 0 saturated carbocycles. The van der Waals surface area contributed by atoms with Gasteiger partial charge in [-0.15, -0.1) is 0 Å². The van der Waals surface area contributed by atoms with Crippen LogP contribution in [0.25, 0.3) is 5.65 Å². The maximum Gasteiger partial charge on any atom is 0.221 e. The van der Waals surface area contributed by atoms with E-state index in [1.165, 1.54) is 0 Å². The molecule has 0 spiro atoms. The zero-order chi connectivity index (χ0) is 26.2. The summed E-state index contributed by atoms with van der Waals surface area (Å²) >= 11 is 0. The predicted octanol–water partition coefficient (Wildman–Crippen LogP) is 5.61. The first kappa shape index (κ1) is 26.1. The maximum atomic E-state index is 13.0. The van der Waals surface area contributed by atoms with Crippen LogP contribution in [0.15, 0.2) is 73.1 Å². The topological polar surface area (TPSA) is 74.1 Å². The van der Waals surface area contributed by atoms with Gasteiger partial charge in [0.05, 0.1) is 19.9 Å². The Kier molecular flexibility index (Phi) is 8.67. The molecule has 2 aromatic heterocycles. The summed E-state index contributed by atoms with van der Waals surface area (Å²) in [4.78, 5) is 17.7. The molecule has 194 valence electrons. The van der Waals surface area contributed by atoms with Crippen molar-refractivity contribution in [3.8, 4) is 17.2 Å². The number of methoxy groups -OCH3 is 2. The first-order valence-electron chi connectivity index (χ1n) is 12.6. The van der Waals surface area contributed by atoms with Gasteiger partial charge >= 0.3 is 0 Å². The van der Waals surface area contributed by atoms with E-state index in [2.05, 4.69) is 19.2 Å². The van der Waals surface area contributed by atoms with Crippen LogP contribution in [-0.2, 0) is 11.4 Å². The van der Waals surface area contributed by atoms with E-state index >= 15 is 0 Å². The monoisotopic (exact) mass is 501 g/mol. The molecule has 0 aliphatic heterocycles. The number of nitrogens with zero attached hydrogens (tertiary/aromatic N) is 2. The van der Waals surface area contributed by atoms with Crippen LogP contribution in [0.3, 0.4) is 0 Å². The summed E-state index contributed by atoms with van der Waals surface area (Å²) in [5.74, 6) is 2.25. The normalized spacial score (nSPS) is 11.9. The third kappa shape index (κ3) is 6.61. The molecule has 1 unspecified atom stereocenters. The lowest BCUT2D eigenvalue weighted by atomic mass is 9.91. The number of aromatic nitrogens is 2. The third-order valence-corrected chi connectivity index (χ3v) is 6.33. The number of fused-ring (bicyclic) bond motifs is 1. The summed E-state index contributed by atoms with van der Waals surface area (Å²) in [6, 6.07) is 19.6. The third-order valence-electron chi connectivity index (χ3n) is 6.33. The zero-order valence-corrected chi connectivity index (χ0v) is 21.9. The second-order valence-electron chi connectivity index (χ2n) is 9.46. The van der Waals surface area contributed by atoms with Gasteiger partial charge in [-0.3, -0.25) is 4.79 Å². The van der Waals surface area contributed by atoms with Crippen molar-refractivity contribution in [2.75, 3.05) is 20.8 Å². The Bertz CT molecular complexity index is 1290. The Morgan fingerprint density at radius 3 is 2.41 bits per heavy atom. The number of carbonyl (C=O) groups is 1. The van der Waals surface area contributed by atoms with Gasteiger partial charge in [-0.1, -0.05) is 44.2 Å². The Morgan fingerprint density at radius 2 is 1.73 bits per heavy atom. The molecule has 4 aromatic rings. The van der Waals surface area contributed by atoms with Crippen LogP contribution in [0.5, 0.6) is 17.2 Å². The molecule has 1 amide bonds. The van der Waals surface area contributed by atoms with Crippen LogP contribution in [-0.4, -0.2) is 36.1 Å². The van der Waals surface area contributed by atoms with E-state index < -0.39 is 0 Å². The van der Waals surface area contributed by atoms with Gasteiger partial charge in [-0.05, 0) is 47.7 Å². The van der Waals surface area contributed by atoms with E-state index in [0.29, 0.717) is 42.0 Å². The molecule has 2 aromatic carbocycles. The molecule has 37 heavy (non-hydrogen) atoms. The van der Waals surface area contributed by atoms with Gasteiger partial charge in [0, 0.05) is 37.3 Å². The van der Waals surface area contributed by atoms with Crippen molar-refractivity contribution in [1.82, 2.24) is 14.7 Å². The number of pyridine rings is 1. The van der Waals surface area contributed by atoms with Crippen molar-refractivity contribution < 1.29 is 19.0 Å². The fourth-order valence-electron chi connectivity index (χ4n) is 4.29. The molecule has 7 nitrogen and oxygen atoms in total. The summed E-state index contributed by atoms with van der Waals surface area (Å²) in [6.07, 6.45) is 4.97. The maximum absolute atomic E-state index is 13.0. The number of hydrogen-bond donors (Lipinski definition) is 1. The highest BCUT2D eigenvalue weighted by atomic mass is 16.5. The largest absolute Gasteiger partial charge is 0.497 e.